The molecule has 140 valence electrons. The number of pyridine rings is 1. The Morgan fingerprint density at radius 2 is 1.86 bits per heavy atom. The van der Waals surface area contributed by atoms with Crippen LogP contribution in [0.25, 0.3) is 22.6 Å². The van der Waals surface area contributed by atoms with E-state index in [1.54, 1.807) is 18.6 Å². The third kappa shape index (κ3) is 3.84. The molecule has 28 heavy (non-hydrogen) atoms. The number of carbonyl (C=O) groups excluding carboxylic acids is 1. The van der Waals surface area contributed by atoms with Gasteiger partial charge in [-0.3, -0.25) is 19.7 Å². The molecule has 4 aromatic rings. The van der Waals surface area contributed by atoms with Gasteiger partial charge in [-0.15, -0.1) is 10.2 Å². The molecule has 0 spiro atoms. The first kappa shape index (κ1) is 18.1. The number of nitrogens with one attached hydrogen (secondary N) is 1. The molecule has 1 amide bonds. The van der Waals surface area contributed by atoms with Gasteiger partial charge in [0.25, 0.3) is 0 Å². The number of carbonyl (C=O) groups is 1. The largest absolute Gasteiger partial charge is 0.325 e. The zero-order chi connectivity index (χ0) is 19.3. The standard InChI is InChI=1S/C19H17N7OS/c1-2-26-18(15-10-14-16(11-22-15)21-9-8-20-14)24-25-19(26)28-12-17(27)23-13-6-4-3-5-7-13/h3-11H,2,12H2,1H3,(H,23,27). The van der Waals surface area contributed by atoms with Gasteiger partial charge in [0.15, 0.2) is 11.0 Å². The van der Waals surface area contributed by atoms with E-state index in [2.05, 4.69) is 30.5 Å². The number of nitrogens with zero attached hydrogens (tertiary/aromatic N) is 6. The van der Waals surface area contributed by atoms with E-state index in [1.807, 2.05) is 47.9 Å². The summed E-state index contributed by atoms with van der Waals surface area (Å²) in [5.74, 6) is 0.785. The third-order valence-corrected chi connectivity index (χ3v) is 4.97. The van der Waals surface area contributed by atoms with E-state index < -0.39 is 0 Å². The minimum atomic E-state index is -0.0949. The lowest BCUT2D eigenvalue weighted by Gasteiger charge is -2.08. The number of thioether (sulfide) groups is 1. The Hall–Kier alpha value is -3.33. The number of hydrogen-bond acceptors (Lipinski definition) is 7. The van der Waals surface area contributed by atoms with Gasteiger partial charge in [-0.25, -0.2) is 0 Å². The van der Waals surface area contributed by atoms with E-state index >= 15 is 0 Å². The molecule has 3 aromatic heterocycles. The molecule has 0 saturated heterocycles. The van der Waals surface area contributed by atoms with Crippen LogP contribution in [0.1, 0.15) is 6.92 Å². The number of rotatable bonds is 6. The number of benzene rings is 1. The van der Waals surface area contributed by atoms with Gasteiger partial charge < -0.3 is 9.88 Å². The monoisotopic (exact) mass is 391 g/mol. The van der Waals surface area contributed by atoms with Crippen LogP contribution in [0, 0.1) is 0 Å². The molecule has 0 atom stereocenters. The first-order valence-corrected chi connectivity index (χ1v) is 9.71. The normalized spacial score (nSPS) is 10.9. The SMILES string of the molecule is CCn1c(SCC(=O)Nc2ccccc2)nnc1-c1cc2nccnc2cn1. The summed E-state index contributed by atoms with van der Waals surface area (Å²) in [7, 11) is 0. The molecule has 0 fully saturated rings. The van der Waals surface area contributed by atoms with Crippen molar-refractivity contribution in [2.24, 2.45) is 0 Å². The van der Waals surface area contributed by atoms with Gasteiger partial charge in [-0.2, -0.15) is 0 Å². The first-order valence-electron chi connectivity index (χ1n) is 8.72. The molecule has 9 heteroatoms. The Bertz CT molecular complexity index is 1110. The van der Waals surface area contributed by atoms with Gasteiger partial charge in [0.2, 0.25) is 5.91 Å². The van der Waals surface area contributed by atoms with Gasteiger partial charge in [-0.1, -0.05) is 30.0 Å². The third-order valence-electron chi connectivity index (χ3n) is 4.01. The van der Waals surface area contributed by atoms with Gasteiger partial charge >= 0.3 is 0 Å². The minimum absolute atomic E-state index is 0.0949. The van der Waals surface area contributed by atoms with Crippen molar-refractivity contribution in [1.82, 2.24) is 29.7 Å². The Morgan fingerprint density at radius 1 is 1.07 bits per heavy atom. The lowest BCUT2D eigenvalue weighted by Crippen LogP contribution is -2.14. The Morgan fingerprint density at radius 3 is 2.64 bits per heavy atom. The second-order valence-corrected chi connectivity index (χ2v) is 6.81. The smallest absolute Gasteiger partial charge is 0.234 e. The molecule has 1 N–H and O–H groups in total. The number of fused-ring (bicyclic) bond motifs is 1. The topological polar surface area (TPSA) is 98.5 Å². The molecule has 0 unspecified atom stereocenters. The lowest BCUT2D eigenvalue weighted by atomic mass is 10.3. The summed E-state index contributed by atoms with van der Waals surface area (Å²) < 4.78 is 1.94. The predicted octanol–water partition coefficient (Wildman–Crippen LogP) is 3.03. The summed E-state index contributed by atoms with van der Waals surface area (Å²) >= 11 is 1.34. The molecule has 0 bridgehead atoms. The fourth-order valence-corrected chi connectivity index (χ4v) is 3.51. The number of hydrogen-bond donors (Lipinski definition) is 1. The van der Waals surface area contributed by atoms with Crippen LogP contribution in [0.4, 0.5) is 5.69 Å². The van der Waals surface area contributed by atoms with E-state index in [0.29, 0.717) is 23.2 Å². The highest BCUT2D eigenvalue weighted by Gasteiger charge is 2.16. The van der Waals surface area contributed by atoms with Crippen LogP contribution in [0.15, 0.2) is 60.1 Å². The molecule has 0 aliphatic rings. The highest BCUT2D eigenvalue weighted by Crippen LogP contribution is 2.24. The van der Waals surface area contributed by atoms with Crippen LogP contribution < -0.4 is 5.32 Å². The van der Waals surface area contributed by atoms with Crippen molar-refractivity contribution in [2.75, 3.05) is 11.1 Å². The molecule has 3 heterocycles. The van der Waals surface area contributed by atoms with Crippen LogP contribution in [-0.4, -0.2) is 41.4 Å². The van der Waals surface area contributed by atoms with E-state index in [9.17, 15) is 4.79 Å². The maximum absolute atomic E-state index is 12.2. The summed E-state index contributed by atoms with van der Waals surface area (Å²) in [5, 5.41) is 12.0. The first-order chi connectivity index (χ1) is 13.7. The summed E-state index contributed by atoms with van der Waals surface area (Å²) in [6.45, 7) is 2.66. The average molecular weight is 391 g/mol. The van der Waals surface area contributed by atoms with Crippen LogP contribution in [0.2, 0.25) is 0 Å². The molecular weight excluding hydrogens is 374 g/mol. The fraction of sp³-hybridized carbons (Fsp3) is 0.158. The quantitative estimate of drug-likeness (QED) is 0.504. The molecule has 0 aliphatic carbocycles. The van der Waals surface area contributed by atoms with Crippen molar-refractivity contribution in [2.45, 2.75) is 18.6 Å². The van der Waals surface area contributed by atoms with E-state index in [0.717, 1.165) is 16.7 Å². The van der Waals surface area contributed by atoms with Crippen molar-refractivity contribution < 1.29 is 4.79 Å². The fourth-order valence-electron chi connectivity index (χ4n) is 2.71. The van der Waals surface area contributed by atoms with Crippen LogP contribution in [0.3, 0.4) is 0 Å². The molecule has 0 aliphatic heterocycles. The summed E-state index contributed by atoms with van der Waals surface area (Å²) in [6.07, 6.45) is 4.95. The van der Waals surface area contributed by atoms with E-state index in [1.165, 1.54) is 11.8 Å². The summed E-state index contributed by atoms with van der Waals surface area (Å²) in [6, 6.07) is 11.2. The summed E-state index contributed by atoms with van der Waals surface area (Å²) in [5.41, 5.74) is 2.91. The molecule has 1 aromatic carbocycles. The molecule has 8 nitrogen and oxygen atoms in total. The van der Waals surface area contributed by atoms with Crippen molar-refractivity contribution >= 4 is 34.4 Å². The maximum Gasteiger partial charge on any atom is 0.234 e. The van der Waals surface area contributed by atoms with Crippen LogP contribution in [0.5, 0.6) is 0 Å². The van der Waals surface area contributed by atoms with E-state index in [-0.39, 0.29) is 11.7 Å². The number of amides is 1. The number of aromatic nitrogens is 6. The highest BCUT2D eigenvalue weighted by molar-refractivity contribution is 7.99. The Balaban J connectivity index is 1.51. The lowest BCUT2D eigenvalue weighted by molar-refractivity contribution is -0.113. The molecule has 4 rings (SSSR count). The van der Waals surface area contributed by atoms with Gasteiger partial charge in [0.05, 0.1) is 17.5 Å². The van der Waals surface area contributed by atoms with Crippen LogP contribution >= 0.6 is 11.8 Å². The second kappa shape index (κ2) is 8.13. The van der Waals surface area contributed by atoms with Gasteiger partial charge in [0.1, 0.15) is 11.2 Å². The Kier molecular flexibility index (Phi) is 5.24. The van der Waals surface area contributed by atoms with Gasteiger partial charge in [0, 0.05) is 24.6 Å². The summed E-state index contributed by atoms with van der Waals surface area (Å²) in [4.78, 5) is 25.2. The second-order valence-electron chi connectivity index (χ2n) is 5.87. The average Bonchev–Trinajstić information content (AvgIpc) is 3.15. The number of anilines is 1. The van der Waals surface area contributed by atoms with Crippen molar-refractivity contribution in [3.63, 3.8) is 0 Å². The van der Waals surface area contributed by atoms with Crippen molar-refractivity contribution in [1.29, 1.82) is 0 Å². The molecule has 0 saturated carbocycles. The van der Waals surface area contributed by atoms with Gasteiger partial charge in [-0.05, 0) is 25.1 Å². The number of para-hydroxylation sites is 1. The zero-order valence-corrected chi connectivity index (χ0v) is 15.9. The zero-order valence-electron chi connectivity index (χ0n) is 15.1. The van der Waals surface area contributed by atoms with Crippen LogP contribution in [-0.2, 0) is 11.3 Å². The molecule has 0 radical (unpaired) electrons. The molecular formula is C19H17N7OS. The predicted molar refractivity (Wildman–Crippen MR) is 108 cm³/mol. The van der Waals surface area contributed by atoms with Crippen molar-refractivity contribution in [3.05, 3.63) is 55.0 Å². The maximum atomic E-state index is 12.2. The van der Waals surface area contributed by atoms with Crippen molar-refractivity contribution in [3.8, 4) is 11.5 Å². The Labute approximate surface area is 165 Å². The van der Waals surface area contributed by atoms with E-state index in [4.69, 9.17) is 0 Å². The minimum Gasteiger partial charge on any atom is -0.325 e. The highest BCUT2D eigenvalue weighted by atomic mass is 32.2.